The molecule has 1 saturated heterocycles. The van der Waals surface area contributed by atoms with E-state index in [1.54, 1.807) is 11.8 Å². The summed E-state index contributed by atoms with van der Waals surface area (Å²) in [6.07, 6.45) is -4.61. The van der Waals surface area contributed by atoms with E-state index in [9.17, 15) is 22.8 Å². The zero-order valence-corrected chi connectivity index (χ0v) is 14.2. The molecule has 24 heavy (non-hydrogen) atoms. The summed E-state index contributed by atoms with van der Waals surface area (Å²) < 4.78 is 38.4. The van der Waals surface area contributed by atoms with E-state index in [0.29, 0.717) is 11.6 Å². The highest BCUT2D eigenvalue weighted by Crippen LogP contribution is 2.36. The van der Waals surface area contributed by atoms with Crippen molar-refractivity contribution in [3.05, 3.63) is 28.8 Å². The van der Waals surface area contributed by atoms with Crippen LogP contribution >= 0.6 is 23.4 Å². The van der Waals surface area contributed by atoms with Gasteiger partial charge in [0.1, 0.15) is 0 Å². The molecular weight excluding hydrogens is 367 g/mol. The number of anilines is 1. The van der Waals surface area contributed by atoms with Gasteiger partial charge in [-0.25, -0.2) is 0 Å². The minimum absolute atomic E-state index is 0.0351. The van der Waals surface area contributed by atoms with Crippen LogP contribution in [0.25, 0.3) is 0 Å². The van der Waals surface area contributed by atoms with Crippen LogP contribution in [-0.4, -0.2) is 48.0 Å². The fourth-order valence-electron chi connectivity index (χ4n) is 2.13. The van der Waals surface area contributed by atoms with Gasteiger partial charge >= 0.3 is 6.18 Å². The van der Waals surface area contributed by atoms with E-state index < -0.39 is 22.7 Å². The third kappa shape index (κ3) is 4.78. The number of likely N-dealkylation sites (N-methyl/N-ethyl adjacent to an activating group) is 1. The Balaban J connectivity index is 1.98. The van der Waals surface area contributed by atoms with Crippen molar-refractivity contribution < 1.29 is 22.8 Å². The van der Waals surface area contributed by atoms with Gasteiger partial charge in [-0.1, -0.05) is 11.6 Å². The summed E-state index contributed by atoms with van der Waals surface area (Å²) >= 11 is 7.10. The largest absolute Gasteiger partial charge is 0.417 e. The highest BCUT2D eigenvalue weighted by Gasteiger charge is 2.33. The first-order valence-corrected chi connectivity index (χ1v) is 8.44. The van der Waals surface area contributed by atoms with Crippen LogP contribution < -0.4 is 10.6 Å². The van der Waals surface area contributed by atoms with E-state index in [2.05, 4.69) is 10.6 Å². The lowest BCUT2D eigenvalue weighted by Crippen LogP contribution is -2.45. The molecular formula is C14H15ClF3N3O2S. The maximum Gasteiger partial charge on any atom is 0.417 e. The Hall–Kier alpha value is -1.45. The molecule has 1 unspecified atom stereocenters. The van der Waals surface area contributed by atoms with Gasteiger partial charge in [0.2, 0.25) is 11.8 Å². The second-order valence-electron chi connectivity index (χ2n) is 5.21. The fourth-order valence-corrected chi connectivity index (χ4v) is 3.29. The number of carbonyl (C=O) groups excluding carboxylic acids is 2. The number of halogens is 4. The maximum absolute atomic E-state index is 12.8. The zero-order chi connectivity index (χ0) is 17.9. The van der Waals surface area contributed by atoms with Crippen LogP contribution in [0.2, 0.25) is 5.02 Å². The highest BCUT2D eigenvalue weighted by molar-refractivity contribution is 7.99. The molecule has 1 aromatic rings. The van der Waals surface area contributed by atoms with Gasteiger partial charge in [0.25, 0.3) is 0 Å². The van der Waals surface area contributed by atoms with Gasteiger partial charge in [0, 0.05) is 24.4 Å². The number of carbonyl (C=O) groups is 2. The van der Waals surface area contributed by atoms with Gasteiger partial charge in [-0.3, -0.25) is 14.9 Å². The summed E-state index contributed by atoms with van der Waals surface area (Å²) in [4.78, 5) is 25.2. The van der Waals surface area contributed by atoms with E-state index in [4.69, 9.17) is 11.6 Å². The van der Waals surface area contributed by atoms with Gasteiger partial charge < -0.3 is 10.2 Å². The summed E-state index contributed by atoms with van der Waals surface area (Å²) in [6.45, 7) is -0.258. The number of hydrogen-bond acceptors (Lipinski definition) is 4. The summed E-state index contributed by atoms with van der Waals surface area (Å²) in [5.74, 6) is 0.465. The van der Waals surface area contributed by atoms with Crippen molar-refractivity contribution in [2.75, 3.05) is 30.5 Å². The van der Waals surface area contributed by atoms with Crippen molar-refractivity contribution in [2.45, 2.75) is 12.2 Å². The van der Waals surface area contributed by atoms with E-state index in [1.807, 2.05) is 0 Å². The molecule has 5 nitrogen and oxygen atoms in total. The summed E-state index contributed by atoms with van der Waals surface area (Å²) in [5.41, 5.74) is -1.06. The average molecular weight is 382 g/mol. The van der Waals surface area contributed by atoms with Crippen LogP contribution in [0.15, 0.2) is 18.2 Å². The predicted octanol–water partition coefficient (Wildman–Crippen LogP) is 2.42. The molecule has 2 N–H and O–H groups in total. The zero-order valence-electron chi connectivity index (χ0n) is 12.6. The number of benzene rings is 1. The number of nitrogens with one attached hydrogen (secondary N) is 2. The number of hydrogen-bond donors (Lipinski definition) is 2. The lowest BCUT2D eigenvalue weighted by Gasteiger charge is -2.20. The molecule has 0 saturated carbocycles. The van der Waals surface area contributed by atoms with Crippen molar-refractivity contribution in [1.29, 1.82) is 0 Å². The second-order valence-corrected chi connectivity index (χ2v) is 6.64. The first-order valence-electron chi connectivity index (χ1n) is 6.91. The summed E-state index contributed by atoms with van der Waals surface area (Å²) in [7, 11) is 1.47. The molecule has 1 aliphatic rings. The van der Waals surface area contributed by atoms with Crippen molar-refractivity contribution in [3.8, 4) is 0 Å². The molecule has 132 valence electrons. The van der Waals surface area contributed by atoms with Crippen LogP contribution in [0.4, 0.5) is 18.9 Å². The van der Waals surface area contributed by atoms with E-state index >= 15 is 0 Å². The van der Waals surface area contributed by atoms with Crippen LogP contribution in [0.5, 0.6) is 0 Å². The average Bonchev–Trinajstić information content (AvgIpc) is 3.01. The first kappa shape index (κ1) is 18.9. The van der Waals surface area contributed by atoms with Crippen LogP contribution in [0.3, 0.4) is 0 Å². The third-order valence-corrected chi connectivity index (χ3v) is 4.60. The molecule has 1 aromatic carbocycles. The Kier molecular flexibility index (Phi) is 6.00. The molecule has 1 atom stereocenters. The quantitative estimate of drug-likeness (QED) is 0.841. The van der Waals surface area contributed by atoms with Crippen molar-refractivity contribution in [1.82, 2.24) is 10.2 Å². The Labute approximate surface area is 145 Å². The number of rotatable bonds is 4. The van der Waals surface area contributed by atoms with Crippen molar-refractivity contribution in [3.63, 3.8) is 0 Å². The number of amides is 2. The Morgan fingerprint density at radius 2 is 2.17 bits per heavy atom. The Morgan fingerprint density at radius 3 is 2.75 bits per heavy atom. The fraction of sp³-hybridized carbons (Fsp3) is 0.429. The van der Waals surface area contributed by atoms with Crippen molar-refractivity contribution >= 4 is 40.9 Å². The second kappa shape index (κ2) is 7.62. The molecule has 2 amide bonds. The molecule has 0 aliphatic carbocycles. The van der Waals surface area contributed by atoms with E-state index in [0.717, 1.165) is 12.1 Å². The van der Waals surface area contributed by atoms with Gasteiger partial charge in [-0.15, -0.1) is 11.8 Å². The lowest BCUT2D eigenvalue weighted by atomic mass is 10.2. The van der Waals surface area contributed by atoms with Crippen molar-refractivity contribution in [2.24, 2.45) is 0 Å². The smallest absolute Gasteiger partial charge is 0.335 e. The predicted molar refractivity (Wildman–Crippen MR) is 87.0 cm³/mol. The summed E-state index contributed by atoms with van der Waals surface area (Å²) in [5, 5.41) is 4.89. The highest BCUT2D eigenvalue weighted by atomic mass is 35.5. The van der Waals surface area contributed by atoms with Gasteiger partial charge in [0.05, 0.1) is 23.2 Å². The van der Waals surface area contributed by atoms with E-state index in [1.165, 1.54) is 18.0 Å². The van der Waals surface area contributed by atoms with Crippen LogP contribution in [0, 0.1) is 0 Å². The minimum atomic E-state index is -4.61. The number of nitrogens with zero attached hydrogens (tertiary/aromatic N) is 1. The molecule has 0 aromatic heterocycles. The number of thioether (sulfide) groups is 1. The maximum atomic E-state index is 12.8. The van der Waals surface area contributed by atoms with Crippen LogP contribution in [-0.2, 0) is 15.8 Å². The van der Waals surface area contributed by atoms with Gasteiger partial charge in [-0.2, -0.15) is 13.2 Å². The molecule has 1 aliphatic heterocycles. The Bertz CT molecular complexity index is 636. The minimum Gasteiger partial charge on any atom is -0.335 e. The lowest BCUT2D eigenvalue weighted by molar-refractivity contribution is -0.137. The standard InChI is InChI=1S/C14H15ClF3N3O2S/c1-21(13(23)11-6-24-7-19-11)5-12(22)20-8-2-3-10(15)9(4-8)14(16,17)18/h2-4,11,19H,5-7H2,1H3,(H,20,22). The monoisotopic (exact) mass is 381 g/mol. The van der Waals surface area contributed by atoms with E-state index in [-0.39, 0.29) is 24.2 Å². The number of alkyl halides is 3. The third-order valence-electron chi connectivity index (χ3n) is 3.33. The molecule has 2 rings (SSSR count). The molecule has 0 radical (unpaired) electrons. The molecule has 0 spiro atoms. The molecule has 10 heteroatoms. The van der Waals surface area contributed by atoms with Crippen LogP contribution in [0.1, 0.15) is 5.56 Å². The Morgan fingerprint density at radius 1 is 1.46 bits per heavy atom. The molecule has 0 bridgehead atoms. The molecule has 1 fully saturated rings. The molecule has 1 heterocycles. The summed E-state index contributed by atoms with van der Waals surface area (Å²) in [6, 6.07) is 2.75. The van der Waals surface area contributed by atoms with Gasteiger partial charge in [-0.05, 0) is 18.2 Å². The normalized spacial score (nSPS) is 17.6. The first-order chi connectivity index (χ1) is 11.2. The van der Waals surface area contributed by atoms with Gasteiger partial charge in [0.15, 0.2) is 0 Å². The topological polar surface area (TPSA) is 61.4 Å². The SMILES string of the molecule is CN(CC(=O)Nc1ccc(Cl)c(C(F)(F)F)c1)C(=O)C1CSCN1.